The van der Waals surface area contributed by atoms with Crippen molar-refractivity contribution in [3.8, 4) is 0 Å². The number of halogens is 4. The van der Waals surface area contributed by atoms with Crippen LogP contribution in [0, 0.1) is 23.5 Å². The maximum atomic E-state index is 13.4. The van der Waals surface area contributed by atoms with Crippen LogP contribution in [-0.2, 0) is 11.2 Å². The molecule has 21 heavy (non-hydrogen) atoms. The summed E-state index contributed by atoms with van der Waals surface area (Å²) in [6.07, 6.45) is 0.00150. The van der Waals surface area contributed by atoms with Gasteiger partial charge in [0.05, 0.1) is 6.42 Å². The van der Waals surface area contributed by atoms with Crippen molar-refractivity contribution in [2.75, 3.05) is 5.32 Å². The van der Waals surface area contributed by atoms with Crippen molar-refractivity contribution in [3.63, 3.8) is 0 Å². The van der Waals surface area contributed by atoms with Gasteiger partial charge in [0.1, 0.15) is 5.69 Å². The van der Waals surface area contributed by atoms with E-state index in [9.17, 15) is 22.4 Å². The summed E-state index contributed by atoms with van der Waals surface area (Å²) in [6, 6.07) is 5.73. The van der Waals surface area contributed by atoms with E-state index in [0.29, 0.717) is 5.56 Å². The fraction of sp³-hybridized carbons (Fsp3) is 0.0769. The molecule has 3 N–H and O–H groups in total. The predicted molar refractivity (Wildman–Crippen MR) is 66.7 cm³/mol. The Balaban J connectivity index is 2.28. The van der Waals surface area contributed by atoms with Crippen LogP contribution in [0.25, 0.3) is 0 Å². The van der Waals surface area contributed by atoms with Gasteiger partial charge in [-0.3, -0.25) is 4.79 Å². The van der Waals surface area contributed by atoms with Crippen LogP contribution in [0.4, 0.5) is 28.9 Å². The summed E-state index contributed by atoms with van der Waals surface area (Å²) in [4.78, 5) is 13.2. The van der Waals surface area contributed by atoms with E-state index in [4.69, 9.17) is 5.73 Å². The number of carbonyl (C=O) groups is 1. The Morgan fingerprint density at radius 1 is 1.05 bits per heavy atom. The van der Waals surface area contributed by atoms with Gasteiger partial charge in [-0.15, -0.1) is 0 Å². The molecule has 1 aromatic heterocycles. The predicted octanol–water partition coefficient (Wildman–Crippen LogP) is 2.41. The fourth-order valence-corrected chi connectivity index (χ4v) is 1.65. The van der Waals surface area contributed by atoms with Gasteiger partial charge in [0.2, 0.25) is 17.5 Å². The molecule has 0 saturated heterocycles. The molecule has 1 aromatic carbocycles. The summed E-state index contributed by atoms with van der Waals surface area (Å²) in [5.41, 5.74) is 4.79. The molecule has 1 heterocycles. The molecule has 110 valence electrons. The molecule has 0 atom stereocenters. The average molecular weight is 299 g/mol. The highest BCUT2D eigenvalue weighted by molar-refractivity contribution is 5.76. The molecule has 0 aliphatic rings. The normalized spacial score (nSPS) is 10.5. The SMILES string of the molecule is NC(=O)Cc1ccc(Nc2c(F)c(F)nc(F)c2F)cc1. The van der Waals surface area contributed by atoms with Crippen LogP contribution in [0.15, 0.2) is 24.3 Å². The summed E-state index contributed by atoms with van der Waals surface area (Å²) in [5.74, 6) is -7.29. The van der Waals surface area contributed by atoms with Crippen LogP contribution in [0.5, 0.6) is 0 Å². The lowest BCUT2D eigenvalue weighted by Gasteiger charge is -2.10. The molecule has 0 unspecified atom stereocenters. The summed E-state index contributed by atoms with van der Waals surface area (Å²) in [7, 11) is 0. The van der Waals surface area contributed by atoms with Crippen molar-refractivity contribution in [2.45, 2.75) is 6.42 Å². The highest BCUT2D eigenvalue weighted by Crippen LogP contribution is 2.25. The zero-order valence-corrected chi connectivity index (χ0v) is 10.5. The van der Waals surface area contributed by atoms with Crippen molar-refractivity contribution < 1.29 is 22.4 Å². The van der Waals surface area contributed by atoms with E-state index in [1.165, 1.54) is 24.3 Å². The number of aromatic nitrogens is 1. The number of carbonyl (C=O) groups excluding carboxylic acids is 1. The van der Waals surface area contributed by atoms with Crippen molar-refractivity contribution >= 4 is 17.3 Å². The Bertz CT molecular complexity index is 663. The smallest absolute Gasteiger partial charge is 0.253 e. The first kappa shape index (κ1) is 14.8. The second kappa shape index (κ2) is 5.78. The van der Waals surface area contributed by atoms with Gasteiger partial charge >= 0.3 is 0 Å². The topological polar surface area (TPSA) is 68.0 Å². The van der Waals surface area contributed by atoms with E-state index in [-0.39, 0.29) is 12.1 Å². The molecular weight excluding hydrogens is 290 g/mol. The third kappa shape index (κ3) is 3.28. The zero-order valence-electron chi connectivity index (χ0n) is 10.5. The maximum absolute atomic E-state index is 13.4. The number of primary amides is 1. The second-order valence-electron chi connectivity index (χ2n) is 4.16. The van der Waals surface area contributed by atoms with Gasteiger partial charge in [-0.25, -0.2) is 0 Å². The lowest BCUT2D eigenvalue weighted by Crippen LogP contribution is -2.13. The van der Waals surface area contributed by atoms with Gasteiger partial charge in [-0.2, -0.15) is 22.5 Å². The van der Waals surface area contributed by atoms with Gasteiger partial charge in [0, 0.05) is 5.69 Å². The number of anilines is 2. The molecule has 8 heteroatoms. The number of amides is 1. The Labute approximate surface area is 116 Å². The van der Waals surface area contributed by atoms with E-state index in [0.717, 1.165) is 0 Å². The summed E-state index contributed by atoms with van der Waals surface area (Å²) < 4.78 is 52.7. The van der Waals surface area contributed by atoms with E-state index in [1.54, 1.807) is 0 Å². The Kier molecular flexibility index (Phi) is 4.06. The van der Waals surface area contributed by atoms with Crippen LogP contribution in [-0.4, -0.2) is 10.9 Å². The third-order valence-electron chi connectivity index (χ3n) is 2.60. The number of rotatable bonds is 4. The molecular formula is C13H9F4N3O. The first-order valence-corrected chi connectivity index (χ1v) is 5.72. The molecule has 4 nitrogen and oxygen atoms in total. The second-order valence-corrected chi connectivity index (χ2v) is 4.16. The Hall–Kier alpha value is -2.64. The Morgan fingerprint density at radius 3 is 2.05 bits per heavy atom. The number of pyridine rings is 1. The average Bonchev–Trinajstić information content (AvgIpc) is 2.43. The first-order valence-electron chi connectivity index (χ1n) is 5.72. The largest absolute Gasteiger partial charge is 0.369 e. The van der Waals surface area contributed by atoms with Gasteiger partial charge in [0.15, 0.2) is 0 Å². The molecule has 1 amide bonds. The molecule has 0 aliphatic heterocycles. The fourth-order valence-electron chi connectivity index (χ4n) is 1.65. The molecule has 0 saturated carbocycles. The van der Waals surface area contributed by atoms with Crippen LogP contribution in [0.1, 0.15) is 5.56 Å². The highest BCUT2D eigenvalue weighted by atomic mass is 19.2. The van der Waals surface area contributed by atoms with Crippen LogP contribution in [0.2, 0.25) is 0 Å². The number of nitrogens with two attached hydrogens (primary N) is 1. The summed E-state index contributed by atoms with van der Waals surface area (Å²) in [6.45, 7) is 0. The number of nitrogens with zero attached hydrogens (tertiary/aromatic N) is 1. The minimum Gasteiger partial charge on any atom is -0.369 e. The number of hydrogen-bond acceptors (Lipinski definition) is 3. The Morgan fingerprint density at radius 2 is 1.57 bits per heavy atom. The van der Waals surface area contributed by atoms with Crippen molar-refractivity contribution in [1.29, 1.82) is 0 Å². The van der Waals surface area contributed by atoms with Crippen molar-refractivity contribution in [2.24, 2.45) is 5.73 Å². The molecule has 0 aliphatic carbocycles. The maximum Gasteiger partial charge on any atom is 0.253 e. The van der Waals surface area contributed by atoms with Crippen LogP contribution >= 0.6 is 0 Å². The van der Waals surface area contributed by atoms with Gasteiger partial charge in [-0.05, 0) is 17.7 Å². The third-order valence-corrected chi connectivity index (χ3v) is 2.60. The van der Waals surface area contributed by atoms with Crippen LogP contribution < -0.4 is 11.1 Å². The molecule has 0 spiro atoms. The van der Waals surface area contributed by atoms with E-state index >= 15 is 0 Å². The first-order chi connectivity index (χ1) is 9.88. The number of hydrogen-bond donors (Lipinski definition) is 2. The monoisotopic (exact) mass is 299 g/mol. The standard InChI is InChI=1S/C13H9F4N3O/c14-9-11(10(15)13(17)20-12(9)16)19-7-3-1-6(2-4-7)5-8(18)21/h1-4H,5H2,(H2,18,21)(H,19,20). The number of benzene rings is 1. The van der Waals surface area contributed by atoms with E-state index in [2.05, 4.69) is 10.3 Å². The molecule has 0 radical (unpaired) electrons. The quantitative estimate of drug-likeness (QED) is 0.673. The minimum atomic E-state index is -1.75. The van der Waals surface area contributed by atoms with Crippen molar-refractivity contribution in [1.82, 2.24) is 4.98 Å². The zero-order chi connectivity index (χ0) is 15.6. The molecule has 2 rings (SSSR count). The van der Waals surface area contributed by atoms with E-state index in [1.807, 2.05) is 0 Å². The lowest BCUT2D eigenvalue weighted by atomic mass is 10.1. The summed E-state index contributed by atoms with van der Waals surface area (Å²) in [5, 5.41) is 2.22. The minimum absolute atomic E-state index is 0.00150. The van der Waals surface area contributed by atoms with Crippen LogP contribution in [0.3, 0.4) is 0 Å². The molecule has 2 aromatic rings. The highest BCUT2D eigenvalue weighted by Gasteiger charge is 2.20. The molecule has 0 bridgehead atoms. The van der Waals surface area contributed by atoms with Gasteiger partial charge < -0.3 is 11.1 Å². The van der Waals surface area contributed by atoms with Gasteiger partial charge in [-0.1, -0.05) is 12.1 Å². The summed E-state index contributed by atoms with van der Waals surface area (Å²) >= 11 is 0. The van der Waals surface area contributed by atoms with Gasteiger partial charge in [0.25, 0.3) is 11.9 Å². The number of nitrogens with one attached hydrogen (secondary N) is 1. The van der Waals surface area contributed by atoms with E-state index < -0.39 is 35.1 Å². The molecule has 0 fully saturated rings. The lowest BCUT2D eigenvalue weighted by molar-refractivity contribution is -0.117. The van der Waals surface area contributed by atoms with Crippen molar-refractivity contribution in [3.05, 3.63) is 53.4 Å².